The van der Waals surface area contributed by atoms with E-state index in [-0.39, 0.29) is 29.5 Å². The van der Waals surface area contributed by atoms with Crippen LogP contribution in [0, 0.1) is 11.7 Å². The number of pyridine rings is 1. The maximum absolute atomic E-state index is 13.2. The molecule has 0 amide bonds. The summed E-state index contributed by atoms with van der Waals surface area (Å²) in [6.07, 6.45) is 7.36. The summed E-state index contributed by atoms with van der Waals surface area (Å²) >= 11 is 0. The van der Waals surface area contributed by atoms with Crippen LogP contribution in [0.25, 0.3) is 0 Å². The van der Waals surface area contributed by atoms with E-state index in [0.717, 1.165) is 16.8 Å². The molecule has 0 saturated carbocycles. The van der Waals surface area contributed by atoms with Crippen LogP contribution in [0.5, 0.6) is 0 Å². The average Bonchev–Trinajstić information content (AvgIpc) is 3.15. The van der Waals surface area contributed by atoms with Gasteiger partial charge in [-0.15, -0.1) is 0 Å². The maximum Gasteiger partial charge on any atom is 0.226 e. The smallest absolute Gasteiger partial charge is 0.226 e. The SMILES string of the molecule is O=C1C[C@@H](c2ccc(F)cc2)C=C2Nc3ncnn3[C@@H](c3cccnc3)[C@H]12. The standard InChI is InChI=1S/C20H16FN5O/c21-15-5-3-12(4-6-15)14-8-16-18(17(27)9-14)19(13-2-1-7-22-10-13)26-20(25-16)23-11-24-26/h1-8,10-11,14,18-19H,9H2,(H,23,24,25)/t14-,18-,19-/m0/s1. The molecule has 134 valence electrons. The summed E-state index contributed by atoms with van der Waals surface area (Å²) in [6, 6.07) is 9.83. The quantitative estimate of drug-likeness (QED) is 0.759. The number of hydrogen-bond donors (Lipinski definition) is 1. The molecular weight excluding hydrogens is 345 g/mol. The molecule has 1 N–H and O–H groups in total. The summed E-state index contributed by atoms with van der Waals surface area (Å²) in [7, 11) is 0. The first-order valence-electron chi connectivity index (χ1n) is 8.77. The minimum Gasteiger partial charge on any atom is -0.328 e. The van der Waals surface area contributed by atoms with Crippen LogP contribution in [0.2, 0.25) is 0 Å². The van der Waals surface area contributed by atoms with Gasteiger partial charge in [0.05, 0.1) is 12.0 Å². The van der Waals surface area contributed by atoms with Crippen molar-refractivity contribution in [3.05, 3.63) is 83.8 Å². The second kappa shape index (κ2) is 6.12. The molecule has 0 unspecified atom stereocenters. The summed E-state index contributed by atoms with van der Waals surface area (Å²) < 4.78 is 15.0. The zero-order valence-corrected chi connectivity index (χ0v) is 14.3. The van der Waals surface area contributed by atoms with Gasteiger partial charge in [-0.2, -0.15) is 10.1 Å². The first kappa shape index (κ1) is 15.9. The van der Waals surface area contributed by atoms with Crippen molar-refractivity contribution >= 4 is 11.7 Å². The molecule has 27 heavy (non-hydrogen) atoms. The molecule has 1 aliphatic carbocycles. The van der Waals surface area contributed by atoms with Crippen LogP contribution >= 0.6 is 0 Å². The van der Waals surface area contributed by atoms with E-state index in [1.165, 1.54) is 18.5 Å². The number of hydrogen-bond acceptors (Lipinski definition) is 5. The fraction of sp³-hybridized carbons (Fsp3) is 0.200. The van der Waals surface area contributed by atoms with Gasteiger partial charge in [0.2, 0.25) is 5.95 Å². The van der Waals surface area contributed by atoms with E-state index in [4.69, 9.17) is 0 Å². The molecule has 2 aliphatic rings. The lowest BCUT2D eigenvalue weighted by Gasteiger charge is -2.37. The number of rotatable bonds is 2. The Labute approximate surface area is 154 Å². The van der Waals surface area contributed by atoms with E-state index in [0.29, 0.717) is 12.4 Å². The van der Waals surface area contributed by atoms with Gasteiger partial charge in [0.1, 0.15) is 17.9 Å². The van der Waals surface area contributed by atoms with E-state index < -0.39 is 0 Å². The molecule has 2 aromatic heterocycles. The zero-order chi connectivity index (χ0) is 18.4. The van der Waals surface area contributed by atoms with Crippen LogP contribution in [0.4, 0.5) is 10.3 Å². The van der Waals surface area contributed by atoms with E-state index in [1.807, 2.05) is 12.1 Å². The molecule has 6 nitrogen and oxygen atoms in total. The Bertz CT molecular complexity index is 1030. The van der Waals surface area contributed by atoms with Crippen molar-refractivity contribution in [1.82, 2.24) is 19.7 Å². The number of nitrogens with one attached hydrogen (secondary N) is 1. The third-order valence-electron chi connectivity index (χ3n) is 5.22. The molecule has 3 aromatic rings. The first-order valence-corrected chi connectivity index (χ1v) is 8.77. The molecule has 0 fully saturated rings. The number of benzene rings is 1. The summed E-state index contributed by atoms with van der Waals surface area (Å²) in [5.74, 6) is -0.0452. The van der Waals surface area contributed by atoms with Crippen LogP contribution in [0.3, 0.4) is 0 Å². The molecule has 0 spiro atoms. The van der Waals surface area contributed by atoms with Crippen molar-refractivity contribution in [2.45, 2.75) is 18.4 Å². The Balaban J connectivity index is 1.60. The van der Waals surface area contributed by atoms with Gasteiger partial charge in [-0.25, -0.2) is 9.07 Å². The van der Waals surface area contributed by atoms with E-state index in [2.05, 4.69) is 26.5 Å². The number of Topliss-reactive ketones (excluding diaryl/α,β-unsaturated/α-hetero) is 1. The van der Waals surface area contributed by atoms with Gasteiger partial charge in [-0.1, -0.05) is 24.3 Å². The van der Waals surface area contributed by atoms with Crippen LogP contribution in [0.1, 0.15) is 29.5 Å². The van der Waals surface area contributed by atoms with Crippen molar-refractivity contribution in [2.75, 3.05) is 5.32 Å². The number of carbonyl (C=O) groups is 1. The molecule has 1 aromatic carbocycles. The van der Waals surface area contributed by atoms with Gasteiger partial charge in [-0.3, -0.25) is 9.78 Å². The van der Waals surface area contributed by atoms with Crippen molar-refractivity contribution in [3.8, 4) is 0 Å². The molecule has 0 bridgehead atoms. The highest BCUT2D eigenvalue weighted by Gasteiger charge is 2.43. The zero-order valence-electron chi connectivity index (χ0n) is 14.3. The number of allylic oxidation sites excluding steroid dienone is 2. The third-order valence-corrected chi connectivity index (χ3v) is 5.22. The van der Waals surface area contributed by atoms with Gasteiger partial charge in [0.25, 0.3) is 0 Å². The molecule has 0 saturated heterocycles. The fourth-order valence-corrected chi connectivity index (χ4v) is 3.98. The topological polar surface area (TPSA) is 72.7 Å². The Kier molecular flexibility index (Phi) is 3.60. The first-order chi connectivity index (χ1) is 13.2. The predicted molar refractivity (Wildman–Crippen MR) is 96.4 cm³/mol. The summed E-state index contributed by atoms with van der Waals surface area (Å²) in [6.45, 7) is 0. The number of halogens is 1. The molecule has 1 aliphatic heterocycles. The van der Waals surface area contributed by atoms with Crippen LogP contribution in [-0.2, 0) is 4.79 Å². The average molecular weight is 361 g/mol. The molecule has 3 atom stereocenters. The molecule has 7 heteroatoms. The van der Waals surface area contributed by atoms with Crippen molar-refractivity contribution in [2.24, 2.45) is 5.92 Å². The Morgan fingerprint density at radius 2 is 2.00 bits per heavy atom. The lowest BCUT2D eigenvalue weighted by Crippen LogP contribution is -2.40. The molecule has 5 rings (SSSR count). The van der Waals surface area contributed by atoms with Gasteiger partial charge in [-0.05, 0) is 29.3 Å². The van der Waals surface area contributed by atoms with Gasteiger partial charge in [0, 0.05) is 30.4 Å². The normalized spacial score (nSPS) is 23.8. The number of nitrogens with zero attached hydrogens (tertiary/aromatic N) is 4. The molecule has 3 heterocycles. The predicted octanol–water partition coefficient (Wildman–Crippen LogP) is 3.08. The summed E-state index contributed by atoms with van der Waals surface area (Å²) in [5, 5.41) is 7.58. The number of fused-ring (bicyclic) bond motifs is 2. The maximum atomic E-state index is 13.2. The minimum atomic E-state index is -0.375. The second-order valence-electron chi connectivity index (χ2n) is 6.81. The van der Waals surface area contributed by atoms with Gasteiger partial charge in [0.15, 0.2) is 0 Å². The molecular formula is C20H16FN5O. The summed E-state index contributed by atoms with van der Waals surface area (Å²) in [5.41, 5.74) is 2.65. The van der Waals surface area contributed by atoms with Crippen molar-refractivity contribution in [3.63, 3.8) is 0 Å². The summed E-state index contributed by atoms with van der Waals surface area (Å²) in [4.78, 5) is 21.6. The van der Waals surface area contributed by atoms with Crippen LogP contribution in [0.15, 0.2) is 66.9 Å². The third kappa shape index (κ3) is 2.63. The number of carbonyl (C=O) groups excluding carboxylic acids is 1. The molecule has 0 radical (unpaired) electrons. The second-order valence-corrected chi connectivity index (χ2v) is 6.81. The monoisotopic (exact) mass is 361 g/mol. The lowest BCUT2D eigenvalue weighted by molar-refractivity contribution is -0.123. The van der Waals surface area contributed by atoms with Gasteiger partial charge < -0.3 is 5.32 Å². The number of aromatic nitrogens is 4. The largest absolute Gasteiger partial charge is 0.328 e. The highest BCUT2D eigenvalue weighted by Crippen LogP contribution is 2.43. The Morgan fingerprint density at radius 1 is 1.15 bits per heavy atom. The number of anilines is 1. The van der Waals surface area contributed by atoms with Crippen LogP contribution < -0.4 is 5.32 Å². The highest BCUT2D eigenvalue weighted by molar-refractivity contribution is 5.88. The Hall–Kier alpha value is -3.35. The minimum absolute atomic E-state index is 0.0964. The van der Waals surface area contributed by atoms with Crippen molar-refractivity contribution < 1.29 is 9.18 Å². The fourth-order valence-electron chi connectivity index (χ4n) is 3.98. The van der Waals surface area contributed by atoms with Crippen LogP contribution in [-0.4, -0.2) is 25.5 Å². The van der Waals surface area contributed by atoms with E-state index in [9.17, 15) is 9.18 Å². The van der Waals surface area contributed by atoms with E-state index in [1.54, 1.807) is 29.2 Å². The lowest BCUT2D eigenvalue weighted by atomic mass is 9.76. The number of ketones is 1. The van der Waals surface area contributed by atoms with E-state index >= 15 is 0 Å². The Morgan fingerprint density at radius 3 is 2.78 bits per heavy atom. The highest BCUT2D eigenvalue weighted by atomic mass is 19.1. The van der Waals surface area contributed by atoms with Crippen molar-refractivity contribution in [1.29, 1.82) is 0 Å². The van der Waals surface area contributed by atoms with Gasteiger partial charge >= 0.3 is 0 Å².